The van der Waals surface area contributed by atoms with Crippen molar-refractivity contribution < 1.29 is 9.47 Å². The maximum Gasteiger partial charge on any atom is 0.213 e. The van der Waals surface area contributed by atoms with Crippen LogP contribution in [0.3, 0.4) is 0 Å². The maximum atomic E-state index is 5.54. The molecule has 1 saturated heterocycles. The average Bonchev–Trinajstić information content (AvgIpc) is 2.59. The van der Waals surface area contributed by atoms with Crippen molar-refractivity contribution in [2.75, 3.05) is 13.2 Å². The highest BCUT2D eigenvalue weighted by molar-refractivity contribution is 5.09. The van der Waals surface area contributed by atoms with E-state index in [1.807, 2.05) is 18.2 Å². The van der Waals surface area contributed by atoms with E-state index in [0.29, 0.717) is 12.5 Å². The van der Waals surface area contributed by atoms with Crippen LogP contribution in [0, 0.1) is 0 Å². The molecule has 2 heterocycles. The highest BCUT2D eigenvalue weighted by Gasteiger charge is 2.17. The van der Waals surface area contributed by atoms with Crippen molar-refractivity contribution in [1.29, 1.82) is 0 Å². The Morgan fingerprint density at radius 3 is 3.17 bits per heavy atom. The lowest BCUT2D eigenvalue weighted by Crippen LogP contribution is -2.16. The van der Waals surface area contributed by atoms with Crippen LogP contribution in [0.25, 0.3) is 0 Å². The molecule has 0 bridgehead atoms. The van der Waals surface area contributed by atoms with Gasteiger partial charge in [0.25, 0.3) is 0 Å². The van der Waals surface area contributed by atoms with Crippen LogP contribution in [0.4, 0.5) is 0 Å². The van der Waals surface area contributed by atoms with E-state index >= 15 is 0 Å². The predicted octanol–water partition coefficient (Wildman–Crippen LogP) is 1.25. The molecule has 0 N–H and O–H groups in total. The minimum Gasteiger partial charge on any atom is -0.472 e. The summed E-state index contributed by atoms with van der Waals surface area (Å²) in [6, 6.07) is 5.65. The molecule has 0 saturated carbocycles. The molecule has 0 spiro atoms. The Balaban J connectivity index is 1.94. The number of hydrogen-bond acceptors (Lipinski definition) is 3. The summed E-state index contributed by atoms with van der Waals surface area (Å²) < 4.78 is 10.7. The Bertz CT molecular complexity index is 232. The van der Waals surface area contributed by atoms with Crippen molar-refractivity contribution in [3.8, 4) is 5.88 Å². The molecule has 0 aliphatic carbocycles. The molecule has 1 unspecified atom stereocenters. The third-order valence-corrected chi connectivity index (χ3v) is 1.81. The summed E-state index contributed by atoms with van der Waals surface area (Å²) in [5.74, 6) is 0.688. The van der Waals surface area contributed by atoms with Crippen molar-refractivity contribution >= 4 is 0 Å². The summed E-state index contributed by atoms with van der Waals surface area (Å²) in [7, 11) is 0. The molecule has 2 rings (SSSR count). The van der Waals surface area contributed by atoms with Crippen molar-refractivity contribution in [2.45, 2.75) is 12.5 Å². The second kappa shape index (κ2) is 3.54. The molecule has 64 valence electrons. The summed E-state index contributed by atoms with van der Waals surface area (Å²) in [5, 5.41) is 0. The van der Waals surface area contributed by atoms with Gasteiger partial charge in [0.2, 0.25) is 5.88 Å². The van der Waals surface area contributed by atoms with Crippen LogP contribution in [-0.4, -0.2) is 24.3 Å². The molecule has 3 nitrogen and oxygen atoms in total. The van der Waals surface area contributed by atoms with E-state index < -0.39 is 0 Å². The minimum absolute atomic E-state index is 0.194. The van der Waals surface area contributed by atoms with Crippen molar-refractivity contribution in [2.24, 2.45) is 0 Å². The average molecular weight is 165 g/mol. The molecule has 1 atom stereocenters. The van der Waals surface area contributed by atoms with Crippen molar-refractivity contribution in [3.63, 3.8) is 0 Å². The van der Waals surface area contributed by atoms with Crippen molar-refractivity contribution in [3.05, 3.63) is 24.4 Å². The number of rotatable bonds is 2. The van der Waals surface area contributed by atoms with Gasteiger partial charge in [0, 0.05) is 18.7 Å². The van der Waals surface area contributed by atoms with Gasteiger partial charge in [-0.15, -0.1) is 0 Å². The zero-order chi connectivity index (χ0) is 8.23. The Morgan fingerprint density at radius 1 is 1.50 bits per heavy atom. The fraction of sp³-hybridized carbons (Fsp3) is 0.444. The largest absolute Gasteiger partial charge is 0.472 e. The third kappa shape index (κ3) is 1.74. The van der Waals surface area contributed by atoms with Crippen LogP contribution in [-0.2, 0) is 4.74 Å². The fourth-order valence-corrected chi connectivity index (χ4v) is 1.19. The lowest BCUT2D eigenvalue weighted by atomic mass is 10.3. The maximum absolute atomic E-state index is 5.54. The van der Waals surface area contributed by atoms with Gasteiger partial charge in [-0.05, 0) is 6.07 Å². The minimum atomic E-state index is 0.194. The van der Waals surface area contributed by atoms with Crippen LogP contribution in [0.1, 0.15) is 6.42 Å². The quantitative estimate of drug-likeness (QED) is 0.660. The fourth-order valence-electron chi connectivity index (χ4n) is 1.19. The van der Waals surface area contributed by atoms with E-state index in [2.05, 4.69) is 4.98 Å². The summed E-state index contributed by atoms with van der Waals surface area (Å²) in [4.78, 5) is 4.06. The SMILES string of the molecule is c1ccc(OC2CCOC2)nc1. The Kier molecular flexibility index (Phi) is 2.23. The lowest BCUT2D eigenvalue weighted by Gasteiger charge is -2.09. The van der Waals surface area contributed by atoms with E-state index in [9.17, 15) is 0 Å². The molecule has 0 radical (unpaired) electrons. The van der Waals surface area contributed by atoms with Gasteiger partial charge in [0.15, 0.2) is 0 Å². The van der Waals surface area contributed by atoms with Crippen LogP contribution in [0.15, 0.2) is 24.4 Å². The molecule has 3 heteroatoms. The topological polar surface area (TPSA) is 31.4 Å². The second-order valence-electron chi connectivity index (χ2n) is 2.77. The Morgan fingerprint density at radius 2 is 2.50 bits per heavy atom. The predicted molar refractivity (Wildman–Crippen MR) is 44.1 cm³/mol. The highest BCUT2D eigenvalue weighted by atomic mass is 16.5. The summed E-state index contributed by atoms with van der Waals surface area (Å²) >= 11 is 0. The van der Waals surface area contributed by atoms with Crippen LogP contribution < -0.4 is 4.74 Å². The van der Waals surface area contributed by atoms with Gasteiger partial charge < -0.3 is 9.47 Å². The summed E-state index contributed by atoms with van der Waals surface area (Å²) in [6.07, 6.45) is 2.89. The van der Waals surface area contributed by atoms with E-state index in [1.54, 1.807) is 6.20 Å². The van der Waals surface area contributed by atoms with Gasteiger partial charge in [-0.1, -0.05) is 6.07 Å². The molecule has 1 fully saturated rings. The van der Waals surface area contributed by atoms with Gasteiger partial charge in [-0.3, -0.25) is 0 Å². The van der Waals surface area contributed by atoms with Crippen LogP contribution >= 0.6 is 0 Å². The number of pyridine rings is 1. The monoisotopic (exact) mass is 165 g/mol. The van der Waals surface area contributed by atoms with Crippen LogP contribution in [0.2, 0.25) is 0 Å². The Hall–Kier alpha value is -1.09. The molecule has 0 aromatic carbocycles. The first-order valence-electron chi connectivity index (χ1n) is 4.10. The smallest absolute Gasteiger partial charge is 0.213 e. The van der Waals surface area contributed by atoms with Gasteiger partial charge in [-0.25, -0.2) is 4.98 Å². The molecule has 12 heavy (non-hydrogen) atoms. The number of nitrogens with zero attached hydrogens (tertiary/aromatic N) is 1. The van der Waals surface area contributed by atoms with Gasteiger partial charge in [-0.2, -0.15) is 0 Å². The highest BCUT2D eigenvalue weighted by Crippen LogP contribution is 2.12. The zero-order valence-electron chi connectivity index (χ0n) is 6.77. The first kappa shape index (κ1) is 7.55. The number of ether oxygens (including phenoxy) is 2. The van der Waals surface area contributed by atoms with E-state index in [4.69, 9.17) is 9.47 Å². The van der Waals surface area contributed by atoms with Gasteiger partial charge in [0.1, 0.15) is 6.10 Å². The normalized spacial score (nSPS) is 22.5. The first-order valence-corrected chi connectivity index (χ1v) is 4.10. The molecule has 1 aromatic heterocycles. The summed E-state index contributed by atoms with van der Waals surface area (Å²) in [5.41, 5.74) is 0. The number of hydrogen-bond donors (Lipinski definition) is 0. The Labute approximate surface area is 71.3 Å². The van der Waals surface area contributed by atoms with E-state index in [0.717, 1.165) is 13.0 Å². The second-order valence-corrected chi connectivity index (χ2v) is 2.77. The van der Waals surface area contributed by atoms with Crippen LogP contribution in [0.5, 0.6) is 5.88 Å². The lowest BCUT2D eigenvalue weighted by molar-refractivity contribution is 0.138. The summed E-state index contributed by atoms with van der Waals surface area (Å²) in [6.45, 7) is 1.49. The molecular weight excluding hydrogens is 154 g/mol. The number of aromatic nitrogens is 1. The molecule has 1 aliphatic rings. The standard InChI is InChI=1S/C9H11NO2/c1-2-5-10-9(3-1)12-8-4-6-11-7-8/h1-3,5,8H,4,6-7H2. The van der Waals surface area contributed by atoms with E-state index in [1.165, 1.54) is 0 Å². The van der Waals surface area contributed by atoms with Crippen molar-refractivity contribution in [1.82, 2.24) is 4.98 Å². The molecular formula is C9H11NO2. The molecule has 1 aromatic rings. The first-order chi connectivity index (χ1) is 5.95. The van der Waals surface area contributed by atoms with E-state index in [-0.39, 0.29) is 6.10 Å². The van der Waals surface area contributed by atoms with Gasteiger partial charge in [0.05, 0.1) is 13.2 Å². The van der Waals surface area contributed by atoms with Gasteiger partial charge >= 0.3 is 0 Å². The zero-order valence-corrected chi connectivity index (χ0v) is 6.77. The molecule has 1 aliphatic heterocycles. The third-order valence-electron chi connectivity index (χ3n) is 1.81. The molecule has 0 amide bonds.